The summed E-state index contributed by atoms with van der Waals surface area (Å²) in [7, 11) is -3.59. The number of sulfonamides is 1. The molecule has 3 N–H and O–H groups in total. The van der Waals surface area contributed by atoms with E-state index in [1.165, 1.54) is 16.4 Å². The molecule has 156 valence electrons. The highest BCUT2D eigenvalue weighted by Crippen LogP contribution is 2.21. The first-order valence-electron chi connectivity index (χ1n) is 9.38. The van der Waals surface area contributed by atoms with Crippen LogP contribution in [-0.4, -0.2) is 68.9 Å². The predicted octanol–water partition coefficient (Wildman–Crippen LogP) is 0.757. The first kappa shape index (κ1) is 22.0. The van der Waals surface area contributed by atoms with Crippen LogP contribution < -0.4 is 15.8 Å². The topological polar surface area (TPSA) is 122 Å². The zero-order valence-corrected chi connectivity index (χ0v) is 16.9. The molecule has 0 unspecified atom stereocenters. The molecule has 0 saturated carbocycles. The van der Waals surface area contributed by atoms with Gasteiger partial charge in [-0.05, 0) is 44.0 Å². The zero-order valence-electron chi connectivity index (χ0n) is 16.1. The number of carbonyl (C=O) groups is 2. The summed E-state index contributed by atoms with van der Waals surface area (Å²) in [5.41, 5.74) is 4.98. The van der Waals surface area contributed by atoms with E-state index in [2.05, 4.69) is 5.32 Å². The average molecular weight is 413 g/mol. The summed E-state index contributed by atoms with van der Waals surface area (Å²) in [4.78, 5) is 24.7. The van der Waals surface area contributed by atoms with Gasteiger partial charge >= 0.3 is 6.03 Å². The minimum atomic E-state index is -3.59. The molecule has 1 aromatic rings. The number of primary amides is 1. The number of nitrogens with zero attached hydrogens (tertiary/aromatic N) is 2. The van der Waals surface area contributed by atoms with E-state index in [0.29, 0.717) is 51.3 Å². The second kappa shape index (κ2) is 10.3. The number of nitrogens with one attached hydrogen (secondary N) is 1. The number of hydrogen-bond acceptors (Lipinski definition) is 5. The van der Waals surface area contributed by atoms with Crippen LogP contribution in [0.2, 0.25) is 0 Å². The van der Waals surface area contributed by atoms with Crippen LogP contribution in [0.5, 0.6) is 5.75 Å². The van der Waals surface area contributed by atoms with Gasteiger partial charge in [0.2, 0.25) is 15.9 Å². The smallest absolute Gasteiger partial charge is 0.312 e. The zero-order chi connectivity index (χ0) is 20.6. The molecule has 1 saturated heterocycles. The highest BCUT2D eigenvalue weighted by atomic mass is 32.2. The van der Waals surface area contributed by atoms with Crippen LogP contribution in [0, 0.1) is 0 Å². The van der Waals surface area contributed by atoms with E-state index in [0.717, 1.165) is 0 Å². The number of benzene rings is 1. The molecule has 9 nitrogen and oxygen atoms in total. The largest absolute Gasteiger partial charge is 0.494 e. The maximum atomic E-state index is 12.8. The highest BCUT2D eigenvalue weighted by Gasteiger charge is 2.29. The van der Waals surface area contributed by atoms with Gasteiger partial charge in [0.25, 0.3) is 0 Å². The lowest BCUT2D eigenvalue weighted by Gasteiger charge is -2.34. The van der Waals surface area contributed by atoms with Gasteiger partial charge in [0.15, 0.2) is 0 Å². The molecular weight excluding hydrogens is 384 g/mol. The van der Waals surface area contributed by atoms with Crippen LogP contribution in [0.15, 0.2) is 29.2 Å². The summed E-state index contributed by atoms with van der Waals surface area (Å²) in [5.74, 6) is 0.625. The van der Waals surface area contributed by atoms with E-state index in [4.69, 9.17) is 10.5 Å². The van der Waals surface area contributed by atoms with Crippen molar-refractivity contribution in [3.8, 4) is 5.75 Å². The lowest BCUT2D eigenvalue weighted by molar-refractivity contribution is -0.132. The van der Waals surface area contributed by atoms with E-state index < -0.39 is 16.1 Å². The van der Waals surface area contributed by atoms with Crippen LogP contribution in [-0.2, 0) is 14.8 Å². The normalized spacial score (nSPS) is 15.2. The van der Waals surface area contributed by atoms with Crippen molar-refractivity contribution in [1.82, 2.24) is 14.5 Å². The van der Waals surface area contributed by atoms with Gasteiger partial charge in [0.1, 0.15) is 5.75 Å². The van der Waals surface area contributed by atoms with Crippen LogP contribution in [0.3, 0.4) is 0 Å². The van der Waals surface area contributed by atoms with Crippen molar-refractivity contribution in [2.75, 3.05) is 39.3 Å². The van der Waals surface area contributed by atoms with E-state index in [-0.39, 0.29) is 23.9 Å². The van der Waals surface area contributed by atoms with Crippen LogP contribution in [0.1, 0.15) is 26.2 Å². The Morgan fingerprint density at radius 1 is 1.11 bits per heavy atom. The Morgan fingerprint density at radius 3 is 2.32 bits per heavy atom. The summed E-state index contributed by atoms with van der Waals surface area (Å²) in [6, 6.07) is 5.79. The number of ether oxygens (including phenoxy) is 1. The van der Waals surface area contributed by atoms with E-state index in [9.17, 15) is 18.0 Å². The van der Waals surface area contributed by atoms with Gasteiger partial charge in [-0.25, -0.2) is 13.2 Å². The number of rotatable bonds is 9. The third-order valence-electron chi connectivity index (χ3n) is 4.48. The first-order valence-corrected chi connectivity index (χ1v) is 10.8. The minimum absolute atomic E-state index is 0.00260. The van der Waals surface area contributed by atoms with Crippen LogP contribution in [0.25, 0.3) is 0 Å². The summed E-state index contributed by atoms with van der Waals surface area (Å²) < 4.78 is 32.3. The molecule has 28 heavy (non-hydrogen) atoms. The average Bonchev–Trinajstić information content (AvgIpc) is 2.68. The summed E-state index contributed by atoms with van der Waals surface area (Å²) in [6.45, 7) is 4.10. The third kappa shape index (κ3) is 6.10. The van der Waals surface area contributed by atoms with E-state index in [1.807, 2.05) is 6.92 Å². The molecule has 0 radical (unpaired) electrons. The minimum Gasteiger partial charge on any atom is -0.494 e. The SMILES string of the molecule is CCOc1ccc(S(=O)(=O)N2CCN(C(=O)CCCCNC(N)=O)CC2)cc1. The molecule has 0 aliphatic carbocycles. The van der Waals surface area contributed by atoms with Crippen LogP contribution >= 0.6 is 0 Å². The molecule has 0 bridgehead atoms. The summed E-state index contributed by atoms with van der Waals surface area (Å²) in [6.07, 6.45) is 1.68. The molecule has 10 heteroatoms. The molecule has 3 amide bonds. The van der Waals surface area contributed by atoms with Gasteiger partial charge in [0.05, 0.1) is 11.5 Å². The lowest BCUT2D eigenvalue weighted by atomic mass is 10.2. The number of hydrogen-bond donors (Lipinski definition) is 2. The van der Waals surface area contributed by atoms with Gasteiger partial charge in [-0.2, -0.15) is 4.31 Å². The van der Waals surface area contributed by atoms with Crippen molar-refractivity contribution in [1.29, 1.82) is 0 Å². The molecule has 0 atom stereocenters. The maximum absolute atomic E-state index is 12.8. The molecular formula is C18H28N4O5S. The lowest BCUT2D eigenvalue weighted by Crippen LogP contribution is -2.50. The van der Waals surface area contributed by atoms with Gasteiger partial charge < -0.3 is 20.7 Å². The van der Waals surface area contributed by atoms with Crippen molar-refractivity contribution in [3.63, 3.8) is 0 Å². The fraction of sp³-hybridized carbons (Fsp3) is 0.556. The molecule has 1 fully saturated rings. The second-order valence-corrected chi connectivity index (χ2v) is 8.38. The van der Waals surface area contributed by atoms with Gasteiger partial charge in [-0.1, -0.05) is 0 Å². The number of piperazine rings is 1. The first-order chi connectivity index (χ1) is 13.3. The predicted molar refractivity (Wildman–Crippen MR) is 104 cm³/mol. The Kier molecular flexibility index (Phi) is 8.06. The van der Waals surface area contributed by atoms with Crippen molar-refractivity contribution >= 4 is 22.0 Å². The fourth-order valence-electron chi connectivity index (χ4n) is 2.97. The van der Waals surface area contributed by atoms with Gasteiger partial charge in [-0.15, -0.1) is 0 Å². The number of nitrogens with two attached hydrogens (primary N) is 1. The molecule has 2 rings (SSSR count). The molecule has 0 aromatic heterocycles. The second-order valence-electron chi connectivity index (χ2n) is 6.44. The number of unbranched alkanes of at least 4 members (excludes halogenated alkanes) is 1. The van der Waals surface area contributed by atoms with E-state index in [1.54, 1.807) is 17.0 Å². The highest BCUT2D eigenvalue weighted by molar-refractivity contribution is 7.89. The maximum Gasteiger partial charge on any atom is 0.312 e. The van der Waals surface area contributed by atoms with Crippen molar-refractivity contribution in [3.05, 3.63) is 24.3 Å². The fourth-order valence-corrected chi connectivity index (χ4v) is 4.39. The van der Waals surface area contributed by atoms with Gasteiger partial charge in [-0.3, -0.25) is 4.79 Å². The molecule has 1 aromatic carbocycles. The molecule has 1 heterocycles. The molecule has 0 spiro atoms. The quantitative estimate of drug-likeness (QED) is 0.580. The Labute approximate surface area is 165 Å². The number of urea groups is 1. The van der Waals surface area contributed by atoms with Crippen molar-refractivity contribution in [2.24, 2.45) is 5.73 Å². The van der Waals surface area contributed by atoms with Gasteiger partial charge in [0, 0.05) is 39.1 Å². The monoisotopic (exact) mass is 412 g/mol. The Balaban J connectivity index is 1.81. The molecule has 1 aliphatic rings. The Morgan fingerprint density at radius 2 is 1.75 bits per heavy atom. The van der Waals surface area contributed by atoms with Crippen molar-refractivity contribution < 1.29 is 22.7 Å². The standard InChI is InChI=1S/C18H28N4O5S/c1-2-27-15-6-8-16(9-7-15)28(25,26)22-13-11-21(12-14-22)17(23)5-3-4-10-20-18(19)24/h6-9H,2-5,10-14H2,1H3,(H3,19,20,24). The molecule has 1 aliphatic heterocycles. The number of amides is 3. The Bertz CT molecular complexity index is 759. The Hall–Kier alpha value is -2.33. The summed E-state index contributed by atoms with van der Waals surface area (Å²) in [5, 5.41) is 2.48. The summed E-state index contributed by atoms with van der Waals surface area (Å²) >= 11 is 0. The third-order valence-corrected chi connectivity index (χ3v) is 6.39. The number of carbonyl (C=O) groups excluding carboxylic acids is 2. The van der Waals surface area contributed by atoms with Crippen molar-refractivity contribution in [2.45, 2.75) is 31.1 Å². The van der Waals surface area contributed by atoms with Crippen LogP contribution in [0.4, 0.5) is 4.79 Å². The van der Waals surface area contributed by atoms with E-state index >= 15 is 0 Å².